The lowest BCUT2D eigenvalue weighted by Gasteiger charge is -2.24. The summed E-state index contributed by atoms with van der Waals surface area (Å²) in [6.45, 7) is 4.65. The molecule has 1 heterocycles. The molecule has 0 fully saturated rings. The zero-order valence-electron chi connectivity index (χ0n) is 15.4. The van der Waals surface area contributed by atoms with Crippen molar-refractivity contribution in [3.8, 4) is 0 Å². The molecule has 0 saturated carbocycles. The van der Waals surface area contributed by atoms with Gasteiger partial charge in [-0.05, 0) is 57.0 Å². The number of carbonyl (C=O) groups is 2. The molecule has 0 N–H and O–H groups in total. The van der Waals surface area contributed by atoms with Crippen LogP contribution in [0.25, 0.3) is 0 Å². The molecule has 0 aromatic heterocycles. The van der Waals surface area contributed by atoms with E-state index in [0.29, 0.717) is 12.1 Å². The van der Waals surface area contributed by atoms with Crippen molar-refractivity contribution in [2.45, 2.75) is 44.2 Å². The summed E-state index contributed by atoms with van der Waals surface area (Å²) in [6, 6.07) is 12.9. The lowest BCUT2D eigenvalue weighted by Crippen LogP contribution is -2.35. The number of benzene rings is 2. The van der Waals surface area contributed by atoms with E-state index in [9.17, 15) is 18.0 Å². The maximum atomic E-state index is 13.2. The number of ether oxygens (including phenoxy) is 1. The highest BCUT2D eigenvalue weighted by atomic mass is 32.2. The number of nitrogens with zero attached hydrogens (tertiary/aromatic N) is 1. The minimum Gasteiger partial charge on any atom is -0.451 e. The maximum absolute atomic E-state index is 13.2. The van der Waals surface area contributed by atoms with Crippen molar-refractivity contribution in [2.24, 2.45) is 0 Å². The van der Waals surface area contributed by atoms with E-state index in [0.717, 1.165) is 5.56 Å². The van der Waals surface area contributed by atoms with Crippen LogP contribution in [0.5, 0.6) is 0 Å². The Hall–Kier alpha value is -2.67. The molecular formula is C20H21NO5S. The summed E-state index contributed by atoms with van der Waals surface area (Å²) in [7, 11) is -3.84. The summed E-state index contributed by atoms with van der Waals surface area (Å²) >= 11 is 0. The number of ketones is 1. The van der Waals surface area contributed by atoms with Crippen molar-refractivity contribution in [3.63, 3.8) is 0 Å². The second-order valence-electron chi connectivity index (χ2n) is 6.67. The number of esters is 1. The quantitative estimate of drug-likeness (QED) is 0.737. The fraction of sp³-hybridized carbons (Fsp3) is 0.300. The molecule has 0 saturated heterocycles. The second-order valence-corrected chi connectivity index (χ2v) is 8.48. The van der Waals surface area contributed by atoms with Crippen LogP contribution in [-0.2, 0) is 26.0 Å². The van der Waals surface area contributed by atoms with E-state index in [2.05, 4.69) is 0 Å². The molecule has 0 radical (unpaired) electrons. The van der Waals surface area contributed by atoms with Crippen molar-refractivity contribution in [1.29, 1.82) is 0 Å². The van der Waals surface area contributed by atoms with Crippen molar-refractivity contribution >= 4 is 27.5 Å². The predicted octanol–water partition coefficient (Wildman–Crippen LogP) is 2.96. The second kappa shape index (κ2) is 7.15. The molecule has 0 aliphatic carbocycles. The van der Waals surface area contributed by atoms with Crippen molar-refractivity contribution in [3.05, 3.63) is 59.7 Å². The summed E-state index contributed by atoms with van der Waals surface area (Å²) in [4.78, 5) is 23.5. The van der Waals surface area contributed by atoms with Crippen LogP contribution in [0.2, 0.25) is 0 Å². The van der Waals surface area contributed by atoms with Gasteiger partial charge in [-0.3, -0.25) is 9.10 Å². The average Bonchev–Trinajstić information content (AvgIpc) is 2.98. The fourth-order valence-corrected chi connectivity index (χ4v) is 4.85. The third kappa shape index (κ3) is 3.60. The molecule has 7 heteroatoms. The predicted molar refractivity (Wildman–Crippen MR) is 101 cm³/mol. The molecule has 2 aromatic rings. The van der Waals surface area contributed by atoms with Gasteiger partial charge in [0.05, 0.1) is 16.1 Å². The van der Waals surface area contributed by atoms with Crippen LogP contribution in [0.3, 0.4) is 0 Å². The van der Waals surface area contributed by atoms with Gasteiger partial charge in [-0.25, -0.2) is 13.2 Å². The topological polar surface area (TPSA) is 80.8 Å². The third-order valence-electron chi connectivity index (χ3n) is 4.63. The summed E-state index contributed by atoms with van der Waals surface area (Å²) in [6.07, 6.45) is -0.254. The minimum absolute atomic E-state index is 0.0102. The number of para-hydroxylation sites is 1. The smallest absolute Gasteiger partial charge is 0.338 e. The minimum atomic E-state index is -3.84. The van der Waals surface area contributed by atoms with Crippen molar-refractivity contribution in [1.82, 2.24) is 0 Å². The fourth-order valence-electron chi connectivity index (χ4n) is 3.11. The molecule has 3 rings (SSSR count). The summed E-state index contributed by atoms with van der Waals surface area (Å²) in [5.41, 5.74) is 1.71. The standard InChI is InChI=1S/C20H21NO5S/c1-13-11-16-7-4-5-10-19(16)21(13)27(24,25)18-9-6-8-17(12-18)20(23)26-15(3)14(2)22/h4-10,12-13,15H,11H2,1-3H3/t13-,15-/m0/s1. The Morgan fingerprint density at radius 1 is 1.15 bits per heavy atom. The monoisotopic (exact) mass is 387 g/mol. The SMILES string of the molecule is CC(=O)[C@H](C)OC(=O)c1cccc(S(=O)(=O)N2c3ccccc3C[C@@H]2C)c1. The molecule has 0 spiro atoms. The van der Waals surface area contributed by atoms with Gasteiger partial charge < -0.3 is 4.74 Å². The van der Waals surface area contributed by atoms with E-state index in [1.807, 2.05) is 19.1 Å². The molecule has 0 amide bonds. The molecule has 2 atom stereocenters. The van der Waals surface area contributed by atoms with Crippen molar-refractivity contribution < 1.29 is 22.7 Å². The first-order chi connectivity index (χ1) is 12.7. The largest absolute Gasteiger partial charge is 0.451 e. The zero-order valence-corrected chi connectivity index (χ0v) is 16.2. The summed E-state index contributed by atoms with van der Waals surface area (Å²) < 4.78 is 32.9. The first-order valence-electron chi connectivity index (χ1n) is 8.65. The lowest BCUT2D eigenvalue weighted by atomic mass is 10.1. The number of carbonyl (C=O) groups excluding carboxylic acids is 2. The van der Waals surface area contributed by atoms with Crippen LogP contribution >= 0.6 is 0 Å². The van der Waals surface area contributed by atoms with E-state index in [4.69, 9.17) is 4.74 Å². The average molecular weight is 387 g/mol. The van der Waals surface area contributed by atoms with Crippen LogP contribution in [-0.4, -0.2) is 32.3 Å². The molecule has 27 heavy (non-hydrogen) atoms. The Balaban J connectivity index is 1.95. The van der Waals surface area contributed by atoms with E-state index in [1.54, 1.807) is 12.1 Å². The molecule has 6 nitrogen and oxygen atoms in total. The molecule has 1 aliphatic heterocycles. The normalized spacial score (nSPS) is 17.3. The van der Waals surface area contributed by atoms with Crippen LogP contribution in [0.1, 0.15) is 36.7 Å². The Morgan fingerprint density at radius 3 is 2.56 bits per heavy atom. The van der Waals surface area contributed by atoms with Gasteiger partial charge in [0.2, 0.25) is 0 Å². The molecule has 1 aliphatic rings. The van der Waals surface area contributed by atoms with Crippen LogP contribution in [0, 0.1) is 0 Å². The van der Waals surface area contributed by atoms with Gasteiger partial charge in [0, 0.05) is 6.04 Å². The van der Waals surface area contributed by atoms with Gasteiger partial charge in [0.15, 0.2) is 11.9 Å². The van der Waals surface area contributed by atoms with E-state index in [-0.39, 0.29) is 22.3 Å². The number of hydrogen-bond acceptors (Lipinski definition) is 5. The number of fused-ring (bicyclic) bond motifs is 1. The van der Waals surface area contributed by atoms with Gasteiger partial charge in [-0.2, -0.15) is 0 Å². The van der Waals surface area contributed by atoms with Gasteiger partial charge in [-0.1, -0.05) is 24.3 Å². The van der Waals surface area contributed by atoms with E-state index >= 15 is 0 Å². The lowest BCUT2D eigenvalue weighted by molar-refractivity contribution is -0.124. The van der Waals surface area contributed by atoms with Crippen LogP contribution < -0.4 is 4.31 Å². The third-order valence-corrected chi connectivity index (χ3v) is 6.55. The van der Waals surface area contributed by atoms with Gasteiger partial charge >= 0.3 is 5.97 Å². The Kier molecular flexibility index (Phi) is 5.06. The number of sulfonamides is 1. The highest BCUT2D eigenvalue weighted by molar-refractivity contribution is 7.92. The highest BCUT2D eigenvalue weighted by Gasteiger charge is 2.36. The van der Waals surface area contributed by atoms with Crippen LogP contribution in [0.15, 0.2) is 53.4 Å². The van der Waals surface area contributed by atoms with Gasteiger partial charge in [0.1, 0.15) is 0 Å². The Bertz CT molecular complexity index is 999. The summed E-state index contributed by atoms with van der Waals surface area (Å²) in [5, 5.41) is 0. The number of hydrogen-bond donors (Lipinski definition) is 0. The van der Waals surface area contributed by atoms with E-state index < -0.39 is 22.1 Å². The Labute approximate surface area is 158 Å². The number of rotatable bonds is 5. The molecule has 0 bridgehead atoms. The number of Topliss-reactive ketones (excluding diaryl/α,β-unsaturated/α-hetero) is 1. The zero-order chi connectivity index (χ0) is 19.8. The molecular weight excluding hydrogens is 366 g/mol. The molecule has 0 unspecified atom stereocenters. The highest BCUT2D eigenvalue weighted by Crippen LogP contribution is 2.36. The van der Waals surface area contributed by atoms with Crippen molar-refractivity contribution in [2.75, 3.05) is 4.31 Å². The summed E-state index contributed by atoms with van der Waals surface area (Å²) in [5.74, 6) is -1.01. The Morgan fingerprint density at radius 2 is 1.85 bits per heavy atom. The van der Waals surface area contributed by atoms with Gasteiger partial charge in [0.25, 0.3) is 10.0 Å². The van der Waals surface area contributed by atoms with Gasteiger partial charge in [-0.15, -0.1) is 0 Å². The maximum Gasteiger partial charge on any atom is 0.338 e. The van der Waals surface area contributed by atoms with E-state index in [1.165, 1.54) is 42.4 Å². The van der Waals surface area contributed by atoms with Crippen LogP contribution in [0.4, 0.5) is 5.69 Å². The molecule has 142 valence electrons. The molecule has 2 aromatic carbocycles. The first kappa shape index (κ1) is 19.1. The first-order valence-corrected chi connectivity index (χ1v) is 10.1. The number of anilines is 1.